The normalized spacial score (nSPS) is 24.1. The summed E-state index contributed by atoms with van der Waals surface area (Å²) in [5.41, 5.74) is -0.635. The predicted molar refractivity (Wildman–Crippen MR) is 122 cm³/mol. The van der Waals surface area contributed by atoms with Gasteiger partial charge in [0.1, 0.15) is 6.10 Å². The smallest absolute Gasteiger partial charge is 0.228 e. The minimum absolute atomic E-state index is 0.161. The van der Waals surface area contributed by atoms with Crippen molar-refractivity contribution < 1.29 is 18.7 Å². The van der Waals surface area contributed by atoms with E-state index in [2.05, 4.69) is 21.8 Å². The summed E-state index contributed by atoms with van der Waals surface area (Å²) in [4.78, 5) is 26.3. The molecule has 0 unspecified atom stereocenters. The van der Waals surface area contributed by atoms with Crippen LogP contribution in [0.15, 0.2) is 42.7 Å². The van der Waals surface area contributed by atoms with Crippen molar-refractivity contribution >= 4 is 11.9 Å². The molecule has 7 nitrogen and oxygen atoms in total. The van der Waals surface area contributed by atoms with Crippen LogP contribution in [-0.4, -0.2) is 65.3 Å². The summed E-state index contributed by atoms with van der Waals surface area (Å²) in [5.74, 6) is 0.897. The summed E-state index contributed by atoms with van der Waals surface area (Å²) in [6.45, 7) is 5.48. The Kier molecular flexibility index (Phi) is 5.95. The van der Waals surface area contributed by atoms with Gasteiger partial charge >= 0.3 is 0 Å². The highest BCUT2D eigenvalue weighted by atomic mass is 19.1. The minimum atomic E-state index is -0.358. The number of likely N-dealkylation sites (tertiary alicyclic amines) is 1. The van der Waals surface area contributed by atoms with Crippen LogP contribution in [-0.2, 0) is 9.53 Å². The van der Waals surface area contributed by atoms with E-state index in [1.807, 2.05) is 11.0 Å². The molecule has 33 heavy (non-hydrogen) atoms. The molecule has 1 amide bonds. The van der Waals surface area contributed by atoms with Crippen molar-refractivity contribution in [3.8, 4) is 5.75 Å². The third-order valence-corrected chi connectivity index (χ3v) is 7.49. The second-order valence-electron chi connectivity index (χ2n) is 9.76. The monoisotopic (exact) mass is 454 g/mol. The second kappa shape index (κ2) is 8.89. The predicted octanol–water partition coefficient (Wildman–Crippen LogP) is 3.45. The van der Waals surface area contributed by atoms with Gasteiger partial charge in [-0.3, -0.25) is 4.79 Å². The summed E-state index contributed by atoms with van der Waals surface area (Å²) in [5, 5.41) is 0. The number of hydrogen-bond acceptors (Lipinski definition) is 6. The summed E-state index contributed by atoms with van der Waals surface area (Å²) in [6.07, 6.45) is 7.23. The van der Waals surface area contributed by atoms with E-state index in [-0.39, 0.29) is 34.6 Å². The lowest BCUT2D eigenvalue weighted by atomic mass is 9.78. The highest BCUT2D eigenvalue weighted by molar-refractivity contribution is 5.82. The van der Waals surface area contributed by atoms with Crippen molar-refractivity contribution in [2.45, 2.75) is 50.7 Å². The molecule has 3 saturated heterocycles. The number of carbonyl (C=O) groups excluding carboxylic acids is 1. The van der Waals surface area contributed by atoms with E-state index in [0.29, 0.717) is 19.7 Å². The fourth-order valence-corrected chi connectivity index (χ4v) is 5.31. The average Bonchev–Trinajstić information content (AvgIpc) is 3.23. The Balaban J connectivity index is 1.14. The molecule has 3 aliphatic heterocycles. The molecule has 1 aromatic carbocycles. The molecule has 176 valence electrons. The van der Waals surface area contributed by atoms with Gasteiger partial charge < -0.3 is 19.3 Å². The summed E-state index contributed by atoms with van der Waals surface area (Å²) < 4.78 is 26.0. The Morgan fingerprint density at radius 2 is 1.76 bits per heavy atom. The summed E-state index contributed by atoms with van der Waals surface area (Å²) >= 11 is 0. The van der Waals surface area contributed by atoms with Gasteiger partial charge in [0.25, 0.3) is 0 Å². The zero-order valence-electron chi connectivity index (χ0n) is 19.1. The minimum Gasteiger partial charge on any atom is -0.485 e. The van der Waals surface area contributed by atoms with Crippen LogP contribution in [0, 0.1) is 11.2 Å². The number of halogens is 1. The Morgan fingerprint density at radius 3 is 2.45 bits per heavy atom. The maximum atomic E-state index is 13.9. The standard InChI is InChI=1S/C25H31FN4O3/c1-24(7-13-30(14-8-24)23-27-11-4-12-28-23)22(31)29-15-9-25(10-16-29)17-19(18-32-25)33-21-6-3-2-5-20(21)26/h2-6,11-12,19H,7-10,13-18H2,1H3/t19-/m0/s1. The molecule has 4 heterocycles. The van der Waals surface area contributed by atoms with Gasteiger partial charge in [-0.2, -0.15) is 0 Å². The van der Waals surface area contributed by atoms with E-state index in [9.17, 15) is 9.18 Å². The van der Waals surface area contributed by atoms with E-state index in [0.717, 1.165) is 51.1 Å². The van der Waals surface area contributed by atoms with E-state index in [1.165, 1.54) is 6.07 Å². The zero-order valence-corrected chi connectivity index (χ0v) is 19.1. The van der Waals surface area contributed by atoms with E-state index < -0.39 is 0 Å². The summed E-state index contributed by atoms with van der Waals surface area (Å²) in [7, 11) is 0. The van der Waals surface area contributed by atoms with Crippen LogP contribution >= 0.6 is 0 Å². The van der Waals surface area contributed by atoms with Gasteiger partial charge in [-0.15, -0.1) is 0 Å². The molecule has 0 aliphatic carbocycles. The molecular weight excluding hydrogens is 423 g/mol. The van der Waals surface area contributed by atoms with Crippen molar-refractivity contribution in [1.29, 1.82) is 0 Å². The first-order valence-electron chi connectivity index (χ1n) is 11.8. The topological polar surface area (TPSA) is 67.8 Å². The first-order valence-corrected chi connectivity index (χ1v) is 11.8. The van der Waals surface area contributed by atoms with Gasteiger partial charge in [-0.05, 0) is 43.9 Å². The number of para-hydroxylation sites is 1. The Labute approximate surface area is 193 Å². The van der Waals surface area contributed by atoms with E-state index in [4.69, 9.17) is 9.47 Å². The van der Waals surface area contributed by atoms with E-state index in [1.54, 1.807) is 30.6 Å². The number of ether oxygens (including phenoxy) is 2. The third-order valence-electron chi connectivity index (χ3n) is 7.49. The number of nitrogens with zero attached hydrogens (tertiary/aromatic N) is 4. The molecule has 5 rings (SSSR count). The summed E-state index contributed by atoms with van der Waals surface area (Å²) in [6, 6.07) is 8.29. The molecule has 0 radical (unpaired) electrons. The number of amides is 1. The fourth-order valence-electron chi connectivity index (χ4n) is 5.31. The number of rotatable bonds is 4. The molecule has 1 aromatic heterocycles. The number of piperidine rings is 2. The van der Waals surface area contributed by atoms with Gasteiger partial charge in [0.2, 0.25) is 11.9 Å². The fraction of sp³-hybridized carbons (Fsp3) is 0.560. The number of anilines is 1. The Morgan fingerprint density at radius 1 is 1.06 bits per heavy atom. The van der Waals surface area contributed by atoms with Crippen molar-refractivity contribution in [1.82, 2.24) is 14.9 Å². The lowest BCUT2D eigenvalue weighted by molar-refractivity contribution is -0.147. The lowest BCUT2D eigenvalue weighted by Crippen LogP contribution is -2.53. The quantitative estimate of drug-likeness (QED) is 0.705. The molecule has 3 fully saturated rings. The van der Waals surface area contributed by atoms with Crippen LogP contribution in [0.25, 0.3) is 0 Å². The van der Waals surface area contributed by atoms with Gasteiger partial charge in [-0.25, -0.2) is 14.4 Å². The van der Waals surface area contributed by atoms with Crippen molar-refractivity contribution in [2.24, 2.45) is 5.41 Å². The molecule has 1 atom stereocenters. The third kappa shape index (κ3) is 4.53. The van der Waals surface area contributed by atoms with Crippen LogP contribution in [0.3, 0.4) is 0 Å². The van der Waals surface area contributed by atoms with Gasteiger partial charge in [0.05, 0.1) is 12.2 Å². The van der Waals surface area contributed by atoms with Gasteiger partial charge in [-0.1, -0.05) is 19.1 Å². The van der Waals surface area contributed by atoms with Gasteiger partial charge in [0.15, 0.2) is 11.6 Å². The molecule has 2 aromatic rings. The molecule has 0 N–H and O–H groups in total. The zero-order chi connectivity index (χ0) is 22.9. The van der Waals surface area contributed by atoms with Crippen LogP contribution in [0.4, 0.5) is 10.3 Å². The highest BCUT2D eigenvalue weighted by Gasteiger charge is 2.47. The first-order chi connectivity index (χ1) is 16.0. The highest BCUT2D eigenvalue weighted by Crippen LogP contribution is 2.40. The van der Waals surface area contributed by atoms with Crippen molar-refractivity contribution in [2.75, 3.05) is 37.7 Å². The molecule has 3 aliphatic rings. The van der Waals surface area contributed by atoms with Gasteiger partial charge in [0, 0.05) is 50.4 Å². The van der Waals surface area contributed by atoms with Crippen molar-refractivity contribution in [3.05, 3.63) is 48.5 Å². The maximum absolute atomic E-state index is 13.9. The van der Waals surface area contributed by atoms with Crippen LogP contribution in [0.2, 0.25) is 0 Å². The van der Waals surface area contributed by atoms with Crippen molar-refractivity contribution in [3.63, 3.8) is 0 Å². The molecule has 0 bridgehead atoms. The lowest BCUT2D eigenvalue weighted by Gasteiger charge is -2.44. The second-order valence-corrected chi connectivity index (χ2v) is 9.76. The maximum Gasteiger partial charge on any atom is 0.228 e. The molecule has 1 spiro atoms. The number of hydrogen-bond donors (Lipinski definition) is 0. The largest absolute Gasteiger partial charge is 0.485 e. The molecule has 8 heteroatoms. The van der Waals surface area contributed by atoms with E-state index >= 15 is 0 Å². The Hall–Kier alpha value is -2.74. The van der Waals surface area contributed by atoms with Crippen LogP contribution in [0.5, 0.6) is 5.75 Å². The molecule has 0 saturated carbocycles. The SMILES string of the molecule is CC1(C(=O)N2CCC3(CC2)C[C@H](Oc2ccccc2F)CO3)CCN(c2ncccn2)CC1. The van der Waals surface area contributed by atoms with Crippen LogP contribution in [0.1, 0.15) is 39.0 Å². The van der Waals surface area contributed by atoms with Crippen LogP contribution < -0.4 is 9.64 Å². The first kappa shape index (κ1) is 22.1. The number of aromatic nitrogens is 2. The number of carbonyl (C=O) groups is 1. The Bertz CT molecular complexity index is 973. The molecular formula is C25H31FN4O3. The average molecular weight is 455 g/mol. The number of benzene rings is 1.